The fraction of sp³-hybridized carbons (Fsp3) is 0.462. The molecular weight excluding hydrogens is 238 g/mol. The second-order valence-corrected chi connectivity index (χ2v) is 4.49. The van der Waals surface area contributed by atoms with Gasteiger partial charge in [-0.3, -0.25) is 4.79 Å². The summed E-state index contributed by atoms with van der Waals surface area (Å²) < 4.78 is 4.95. The maximum absolute atomic E-state index is 11.6. The molecule has 0 aromatic heterocycles. The van der Waals surface area contributed by atoms with Crippen molar-refractivity contribution in [2.24, 2.45) is 0 Å². The predicted molar refractivity (Wildman–Crippen MR) is 69.3 cm³/mol. The number of halogens is 1. The zero-order valence-electron chi connectivity index (χ0n) is 10.2. The third-order valence-electron chi connectivity index (χ3n) is 2.38. The maximum Gasteiger partial charge on any atom is 0.220 e. The summed E-state index contributed by atoms with van der Waals surface area (Å²) in [5, 5.41) is 3.59. The van der Waals surface area contributed by atoms with Crippen molar-refractivity contribution in [2.75, 3.05) is 13.7 Å². The Bertz CT molecular complexity index is 351. The van der Waals surface area contributed by atoms with E-state index in [1.165, 1.54) is 0 Å². The van der Waals surface area contributed by atoms with Crippen LogP contribution in [0.3, 0.4) is 0 Å². The van der Waals surface area contributed by atoms with Crippen molar-refractivity contribution >= 4 is 17.5 Å². The zero-order valence-corrected chi connectivity index (χ0v) is 11.0. The SMILES string of the molecule is COCC(C)NC(=O)CCc1ccc(Cl)cc1. The number of hydrogen-bond acceptors (Lipinski definition) is 2. The van der Waals surface area contributed by atoms with Crippen LogP contribution >= 0.6 is 11.6 Å². The summed E-state index contributed by atoms with van der Waals surface area (Å²) in [6.45, 7) is 2.45. The number of benzene rings is 1. The molecule has 1 N–H and O–H groups in total. The summed E-state index contributed by atoms with van der Waals surface area (Å²) >= 11 is 5.78. The van der Waals surface area contributed by atoms with E-state index in [9.17, 15) is 4.79 Å². The van der Waals surface area contributed by atoms with Gasteiger partial charge in [0.25, 0.3) is 0 Å². The molecule has 0 fully saturated rings. The Morgan fingerprint density at radius 1 is 1.41 bits per heavy atom. The highest BCUT2D eigenvalue weighted by molar-refractivity contribution is 6.30. The van der Waals surface area contributed by atoms with Crippen molar-refractivity contribution in [1.29, 1.82) is 0 Å². The van der Waals surface area contributed by atoms with Gasteiger partial charge in [0.1, 0.15) is 0 Å². The summed E-state index contributed by atoms with van der Waals surface area (Å²) in [6, 6.07) is 7.60. The molecule has 0 spiro atoms. The summed E-state index contributed by atoms with van der Waals surface area (Å²) in [7, 11) is 1.62. The fourth-order valence-electron chi connectivity index (χ4n) is 1.55. The minimum atomic E-state index is 0.0458. The quantitative estimate of drug-likeness (QED) is 0.848. The lowest BCUT2D eigenvalue weighted by atomic mass is 10.1. The lowest BCUT2D eigenvalue weighted by Gasteiger charge is -2.12. The number of carbonyl (C=O) groups is 1. The van der Waals surface area contributed by atoms with Gasteiger partial charge in [0, 0.05) is 24.6 Å². The van der Waals surface area contributed by atoms with E-state index in [0.717, 1.165) is 12.0 Å². The maximum atomic E-state index is 11.6. The topological polar surface area (TPSA) is 38.3 Å². The van der Waals surface area contributed by atoms with Crippen LogP contribution in [0.4, 0.5) is 0 Å². The van der Waals surface area contributed by atoms with Crippen molar-refractivity contribution in [3.05, 3.63) is 34.9 Å². The monoisotopic (exact) mass is 255 g/mol. The summed E-state index contributed by atoms with van der Waals surface area (Å²) in [5.41, 5.74) is 1.11. The molecule has 0 aliphatic rings. The molecule has 1 atom stereocenters. The van der Waals surface area contributed by atoms with E-state index >= 15 is 0 Å². The number of carbonyl (C=O) groups excluding carboxylic acids is 1. The van der Waals surface area contributed by atoms with E-state index in [2.05, 4.69) is 5.32 Å². The van der Waals surface area contributed by atoms with Crippen LogP contribution in [0.15, 0.2) is 24.3 Å². The molecule has 0 bridgehead atoms. The second kappa shape index (κ2) is 7.30. The van der Waals surface area contributed by atoms with E-state index in [4.69, 9.17) is 16.3 Å². The molecule has 1 aromatic carbocycles. The first-order valence-electron chi connectivity index (χ1n) is 5.64. The molecule has 0 heterocycles. The molecule has 94 valence electrons. The molecule has 3 nitrogen and oxygen atoms in total. The Balaban J connectivity index is 2.30. The molecule has 0 saturated carbocycles. The van der Waals surface area contributed by atoms with Crippen LogP contribution in [0.2, 0.25) is 5.02 Å². The normalized spacial score (nSPS) is 12.2. The molecule has 1 amide bonds. The minimum absolute atomic E-state index is 0.0458. The highest BCUT2D eigenvalue weighted by Gasteiger charge is 2.06. The van der Waals surface area contributed by atoms with E-state index in [1.807, 2.05) is 31.2 Å². The summed E-state index contributed by atoms with van der Waals surface area (Å²) in [4.78, 5) is 11.6. The van der Waals surface area contributed by atoms with Gasteiger partial charge < -0.3 is 10.1 Å². The van der Waals surface area contributed by atoms with Crippen molar-refractivity contribution in [1.82, 2.24) is 5.32 Å². The highest BCUT2D eigenvalue weighted by Crippen LogP contribution is 2.10. The Morgan fingerprint density at radius 3 is 2.65 bits per heavy atom. The molecule has 1 rings (SSSR count). The van der Waals surface area contributed by atoms with Crippen LogP contribution < -0.4 is 5.32 Å². The Labute approximate surface area is 107 Å². The average Bonchev–Trinajstić information content (AvgIpc) is 2.28. The highest BCUT2D eigenvalue weighted by atomic mass is 35.5. The van der Waals surface area contributed by atoms with Gasteiger partial charge in [-0.25, -0.2) is 0 Å². The van der Waals surface area contributed by atoms with Crippen LogP contribution in [-0.4, -0.2) is 25.7 Å². The van der Waals surface area contributed by atoms with E-state index in [-0.39, 0.29) is 11.9 Å². The van der Waals surface area contributed by atoms with Crippen molar-refractivity contribution < 1.29 is 9.53 Å². The average molecular weight is 256 g/mol. The first-order chi connectivity index (χ1) is 8.11. The number of amides is 1. The van der Waals surface area contributed by atoms with Crippen LogP contribution in [0.25, 0.3) is 0 Å². The number of methoxy groups -OCH3 is 1. The Kier molecular flexibility index (Phi) is 6.01. The van der Waals surface area contributed by atoms with Crippen LogP contribution in [0, 0.1) is 0 Å². The molecule has 1 unspecified atom stereocenters. The molecular formula is C13H18ClNO2. The molecule has 0 aliphatic carbocycles. The number of ether oxygens (including phenoxy) is 1. The number of hydrogen-bond donors (Lipinski definition) is 1. The lowest BCUT2D eigenvalue weighted by molar-refractivity contribution is -0.122. The standard InChI is InChI=1S/C13H18ClNO2/c1-10(9-17-2)15-13(16)8-5-11-3-6-12(14)7-4-11/h3-4,6-7,10H,5,8-9H2,1-2H3,(H,15,16). The zero-order chi connectivity index (χ0) is 12.7. The summed E-state index contributed by atoms with van der Waals surface area (Å²) in [6.07, 6.45) is 1.21. The van der Waals surface area contributed by atoms with Crippen molar-refractivity contribution in [3.8, 4) is 0 Å². The third kappa shape index (κ3) is 5.71. The van der Waals surface area contributed by atoms with Crippen LogP contribution in [-0.2, 0) is 16.0 Å². The largest absolute Gasteiger partial charge is 0.383 e. The molecule has 0 saturated heterocycles. The Hall–Kier alpha value is -1.06. The molecule has 0 radical (unpaired) electrons. The smallest absolute Gasteiger partial charge is 0.220 e. The van der Waals surface area contributed by atoms with E-state index < -0.39 is 0 Å². The first kappa shape index (κ1) is 14.0. The van der Waals surface area contributed by atoms with Gasteiger partial charge >= 0.3 is 0 Å². The fourth-order valence-corrected chi connectivity index (χ4v) is 1.67. The molecule has 4 heteroatoms. The lowest BCUT2D eigenvalue weighted by Crippen LogP contribution is -2.35. The van der Waals surface area contributed by atoms with Gasteiger partial charge in [-0.2, -0.15) is 0 Å². The van der Waals surface area contributed by atoms with E-state index in [0.29, 0.717) is 18.1 Å². The third-order valence-corrected chi connectivity index (χ3v) is 2.63. The van der Waals surface area contributed by atoms with Gasteiger partial charge in [0.05, 0.1) is 6.61 Å². The predicted octanol–water partition coefficient (Wildman–Crippen LogP) is 2.42. The second-order valence-electron chi connectivity index (χ2n) is 4.05. The van der Waals surface area contributed by atoms with Gasteiger partial charge in [-0.15, -0.1) is 0 Å². The van der Waals surface area contributed by atoms with Gasteiger partial charge in [0.2, 0.25) is 5.91 Å². The van der Waals surface area contributed by atoms with Gasteiger partial charge in [0.15, 0.2) is 0 Å². The molecule has 1 aromatic rings. The van der Waals surface area contributed by atoms with Gasteiger partial charge in [-0.1, -0.05) is 23.7 Å². The van der Waals surface area contributed by atoms with Gasteiger partial charge in [-0.05, 0) is 31.0 Å². The van der Waals surface area contributed by atoms with E-state index in [1.54, 1.807) is 7.11 Å². The Morgan fingerprint density at radius 2 is 2.06 bits per heavy atom. The van der Waals surface area contributed by atoms with Crippen LogP contribution in [0.5, 0.6) is 0 Å². The number of aryl methyl sites for hydroxylation is 1. The van der Waals surface area contributed by atoms with Crippen molar-refractivity contribution in [2.45, 2.75) is 25.8 Å². The molecule has 0 aliphatic heterocycles. The summed E-state index contributed by atoms with van der Waals surface area (Å²) in [5.74, 6) is 0.0458. The minimum Gasteiger partial charge on any atom is -0.383 e. The first-order valence-corrected chi connectivity index (χ1v) is 6.02. The number of nitrogens with one attached hydrogen (secondary N) is 1. The molecule has 17 heavy (non-hydrogen) atoms. The van der Waals surface area contributed by atoms with Crippen LogP contribution in [0.1, 0.15) is 18.9 Å². The van der Waals surface area contributed by atoms with Crippen molar-refractivity contribution in [3.63, 3.8) is 0 Å². The number of rotatable bonds is 6.